The van der Waals surface area contributed by atoms with Crippen LogP contribution in [0, 0.1) is 5.82 Å². The molecule has 82 valence electrons. The summed E-state index contributed by atoms with van der Waals surface area (Å²) >= 11 is 5.75. The van der Waals surface area contributed by atoms with E-state index in [4.69, 9.17) is 21.4 Å². The molecule has 0 heterocycles. The molecule has 0 aromatic heterocycles. The fourth-order valence-electron chi connectivity index (χ4n) is 1.25. The van der Waals surface area contributed by atoms with Gasteiger partial charge in [-0.3, -0.25) is 0 Å². The number of methoxy groups -OCH3 is 1. The van der Waals surface area contributed by atoms with Crippen LogP contribution in [0.1, 0.15) is 12.5 Å². The molecule has 1 rings (SSSR count). The second-order valence-electron chi connectivity index (χ2n) is 3.14. The van der Waals surface area contributed by atoms with Crippen LogP contribution >= 0.6 is 11.6 Å². The van der Waals surface area contributed by atoms with Gasteiger partial charge in [0.25, 0.3) is 0 Å². The largest absolute Gasteiger partial charge is 0.479 e. The first-order valence-electron chi connectivity index (χ1n) is 4.16. The second-order valence-corrected chi connectivity index (χ2v) is 3.55. The molecule has 1 atom stereocenters. The molecule has 1 aromatic carbocycles. The summed E-state index contributed by atoms with van der Waals surface area (Å²) in [4.78, 5) is 11.0. The molecular weight excluding hydrogens is 223 g/mol. The van der Waals surface area contributed by atoms with E-state index in [1.807, 2.05) is 0 Å². The van der Waals surface area contributed by atoms with Crippen LogP contribution in [0.3, 0.4) is 0 Å². The van der Waals surface area contributed by atoms with Gasteiger partial charge in [-0.1, -0.05) is 17.7 Å². The quantitative estimate of drug-likeness (QED) is 0.871. The van der Waals surface area contributed by atoms with Gasteiger partial charge in [0.15, 0.2) is 5.60 Å². The maximum absolute atomic E-state index is 13.5. The van der Waals surface area contributed by atoms with E-state index in [9.17, 15) is 9.18 Å². The lowest BCUT2D eigenvalue weighted by Crippen LogP contribution is -2.35. The minimum absolute atomic E-state index is 0.0294. The maximum Gasteiger partial charge on any atom is 0.340 e. The Morgan fingerprint density at radius 1 is 1.60 bits per heavy atom. The van der Waals surface area contributed by atoms with Crippen molar-refractivity contribution < 1.29 is 19.0 Å². The van der Waals surface area contributed by atoms with Gasteiger partial charge in [-0.05, 0) is 19.1 Å². The summed E-state index contributed by atoms with van der Waals surface area (Å²) < 4.78 is 18.3. The number of carboxylic acids is 1. The Bertz CT molecular complexity index is 374. The van der Waals surface area contributed by atoms with E-state index in [0.717, 1.165) is 6.07 Å². The molecule has 15 heavy (non-hydrogen) atoms. The Balaban J connectivity index is 3.42. The molecule has 0 fully saturated rings. The minimum atomic E-state index is -1.78. The predicted octanol–water partition coefficient (Wildman–Crippen LogP) is 2.43. The van der Waals surface area contributed by atoms with Crippen LogP contribution < -0.4 is 0 Å². The van der Waals surface area contributed by atoms with Crippen LogP contribution in [0.15, 0.2) is 18.2 Å². The van der Waals surface area contributed by atoms with Crippen LogP contribution in [0.5, 0.6) is 0 Å². The van der Waals surface area contributed by atoms with E-state index in [-0.39, 0.29) is 10.6 Å². The van der Waals surface area contributed by atoms with E-state index in [1.165, 1.54) is 26.2 Å². The highest BCUT2D eigenvalue weighted by Gasteiger charge is 2.39. The van der Waals surface area contributed by atoms with Gasteiger partial charge in [-0.25, -0.2) is 9.18 Å². The summed E-state index contributed by atoms with van der Waals surface area (Å²) in [5, 5.41) is 9.01. The SMILES string of the molecule is COC(C)(C(=O)O)c1c(F)cccc1Cl. The molecule has 1 N–H and O–H groups in total. The highest BCUT2D eigenvalue weighted by molar-refractivity contribution is 6.31. The number of rotatable bonds is 3. The summed E-state index contributed by atoms with van der Waals surface area (Å²) in [6.07, 6.45) is 0. The van der Waals surface area contributed by atoms with E-state index in [0.29, 0.717) is 0 Å². The topological polar surface area (TPSA) is 46.5 Å². The Morgan fingerprint density at radius 3 is 2.60 bits per heavy atom. The molecule has 1 aromatic rings. The van der Waals surface area contributed by atoms with Crippen LogP contribution in [0.25, 0.3) is 0 Å². The second kappa shape index (κ2) is 4.16. The lowest BCUT2D eigenvalue weighted by atomic mass is 9.95. The molecule has 0 aliphatic heterocycles. The number of aliphatic carboxylic acids is 1. The number of carbonyl (C=O) groups is 1. The van der Waals surface area contributed by atoms with Crippen molar-refractivity contribution >= 4 is 17.6 Å². The molecule has 5 heteroatoms. The number of carboxylic acid groups (broad SMARTS) is 1. The Hall–Kier alpha value is -1.13. The molecule has 0 radical (unpaired) electrons. The van der Waals surface area contributed by atoms with Crippen molar-refractivity contribution in [1.29, 1.82) is 0 Å². The van der Waals surface area contributed by atoms with Gasteiger partial charge in [-0.2, -0.15) is 0 Å². The smallest absolute Gasteiger partial charge is 0.340 e. The van der Waals surface area contributed by atoms with Gasteiger partial charge in [-0.15, -0.1) is 0 Å². The van der Waals surface area contributed by atoms with E-state index < -0.39 is 17.4 Å². The number of ether oxygens (including phenoxy) is 1. The van der Waals surface area contributed by atoms with Crippen LogP contribution in [-0.2, 0) is 15.1 Å². The van der Waals surface area contributed by atoms with Gasteiger partial charge in [0, 0.05) is 12.7 Å². The molecule has 0 aliphatic rings. The fraction of sp³-hybridized carbons (Fsp3) is 0.300. The molecule has 0 saturated heterocycles. The number of benzene rings is 1. The molecule has 0 saturated carbocycles. The Kier molecular flexibility index (Phi) is 3.31. The highest BCUT2D eigenvalue weighted by Crippen LogP contribution is 2.33. The van der Waals surface area contributed by atoms with Gasteiger partial charge >= 0.3 is 5.97 Å². The van der Waals surface area contributed by atoms with E-state index >= 15 is 0 Å². The third-order valence-electron chi connectivity index (χ3n) is 2.26. The first-order valence-corrected chi connectivity index (χ1v) is 4.54. The molecule has 0 aliphatic carbocycles. The average Bonchev–Trinajstić information content (AvgIpc) is 2.16. The third-order valence-corrected chi connectivity index (χ3v) is 2.57. The van der Waals surface area contributed by atoms with E-state index in [1.54, 1.807) is 0 Å². The lowest BCUT2D eigenvalue weighted by molar-refractivity contribution is -0.161. The monoisotopic (exact) mass is 232 g/mol. The molecule has 3 nitrogen and oxygen atoms in total. The van der Waals surface area contributed by atoms with Crippen LogP contribution in [-0.4, -0.2) is 18.2 Å². The summed E-state index contributed by atoms with van der Waals surface area (Å²) in [6, 6.07) is 3.96. The van der Waals surface area contributed by atoms with Crippen molar-refractivity contribution in [2.45, 2.75) is 12.5 Å². The summed E-state index contributed by atoms with van der Waals surface area (Å²) in [6.45, 7) is 1.25. The van der Waals surface area contributed by atoms with Crippen molar-refractivity contribution in [3.8, 4) is 0 Å². The lowest BCUT2D eigenvalue weighted by Gasteiger charge is -2.24. The Morgan fingerprint density at radius 2 is 2.20 bits per heavy atom. The molecule has 0 spiro atoms. The summed E-state index contributed by atoms with van der Waals surface area (Å²) in [5.41, 5.74) is -1.94. The minimum Gasteiger partial charge on any atom is -0.479 e. The normalized spacial score (nSPS) is 14.7. The van der Waals surface area contributed by atoms with Gasteiger partial charge < -0.3 is 9.84 Å². The molecule has 1 unspecified atom stereocenters. The predicted molar refractivity (Wildman–Crippen MR) is 53.4 cm³/mol. The zero-order valence-corrected chi connectivity index (χ0v) is 9.01. The highest BCUT2D eigenvalue weighted by atomic mass is 35.5. The molecular formula is C10H10ClFO3. The first kappa shape index (κ1) is 11.9. The average molecular weight is 233 g/mol. The number of halogens is 2. The first-order chi connectivity index (χ1) is 6.93. The number of hydrogen-bond donors (Lipinski definition) is 1. The molecule has 0 bridgehead atoms. The van der Waals surface area contributed by atoms with Crippen molar-refractivity contribution in [1.82, 2.24) is 0 Å². The third kappa shape index (κ3) is 1.96. The summed E-state index contributed by atoms with van der Waals surface area (Å²) in [7, 11) is 1.19. The fourth-order valence-corrected chi connectivity index (χ4v) is 1.59. The van der Waals surface area contributed by atoms with Crippen LogP contribution in [0.2, 0.25) is 5.02 Å². The molecule has 0 amide bonds. The van der Waals surface area contributed by atoms with Gasteiger partial charge in [0.2, 0.25) is 0 Å². The van der Waals surface area contributed by atoms with Crippen molar-refractivity contribution in [3.05, 3.63) is 34.6 Å². The maximum atomic E-state index is 13.5. The number of hydrogen-bond acceptors (Lipinski definition) is 2. The van der Waals surface area contributed by atoms with Gasteiger partial charge in [0.1, 0.15) is 5.82 Å². The summed E-state index contributed by atoms with van der Waals surface area (Å²) in [5.74, 6) is -1.99. The zero-order chi connectivity index (χ0) is 11.6. The standard InChI is InChI=1S/C10H10ClFO3/c1-10(15-2,9(13)14)8-6(11)4-3-5-7(8)12/h3-5H,1-2H3,(H,13,14). The van der Waals surface area contributed by atoms with Crippen molar-refractivity contribution in [2.75, 3.05) is 7.11 Å². The van der Waals surface area contributed by atoms with Gasteiger partial charge in [0.05, 0.1) is 5.02 Å². The van der Waals surface area contributed by atoms with Crippen molar-refractivity contribution in [2.24, 2.45) is 0 Å². The van der Waals surface area contributed by atoms with Crippen molar-refractivity contribution in [3.63, 3.8) is 0 Å². The van der Waals surface area contributed by atoms with E-state index in [2.05, 4.69) is 0 Å². The van der Waals surface area contributed by atoms with Crippen LogP contribution in [0.4, 0.5) is 4.39 Å². The Labute approximate surface area is 91.4 Å². The zero-order valence-electron chi connectivity index (χ0n) is 8.25.